The highest BCUT2D eigenvalue weighted by Crippen LogP contribution is 2.28. The highest BCUT2D eigenvalue weighted by molar-refractivity contribution is 7.88. The van der Waals surface area contributed by atoms with Gasteiger partial charge in [0.1, 0.15) is 5.69 Å². The van der Waals surface area contributed by atoms with Crippen molar-refractivity contribution in [1.29, 1.82) is 0 Å². The van der Waals surface area contributed by atoms with Crippen LogP contribution < -0.4 is 4.90 Å². The Labute approximate surface area is 207 Å². The lowest BCUT2D eigenvalue weighted by atomic mass is 10.1. The van der Waals surface area contributed by atoms with E-state index in [4.69, 9.17) is 0 Å². The van der Waals surface area contributed by atoms with Crippen LogP contribution in [0.1, 0.15) is 16.8 Å². The van der Waals surface area contributed by atoms with Gasteiger partial charge in [-0.05, 0) is 12.5 Å². The van der Waals surface area contributed by atoms with Gasteiger partial charge in [-0.1, -0.05) is 24.3 Å². The Morgan fingerprint density at radius 2 is 1.68 bits per heavy atom. The van der Waals surface area contributed by atoms with Gasteiger partial charge >= 0.3 is 0 Å². The number of benzene rings is 1. The van der Waals surface area contributed by atoms with Gasteiger partial charge in [-0.15, -0.1) is 12.4 Å². The van der Waals surface area contributed by atoms with Crippen LogP contribution in [0.2, 0.25) is 0 Å². The number of piperazine rings is 1. The standard InChI is InChI=1S/C23H31N7O2S.ClH/c1-18-21(15-26-28(18)3)17-29-11-13-30(14-12-29)23-22(24-9-10-25-23)20-7-5-19(6-8-20)16-27(2)33(4,31)32;/h5-10,15H,11-14,16-17H2,1-4H3;1H. The molecule has 0 aliphatic carbocycles. The quantitative estimate of drug-likeness (QED) is 0.487. The second-order valence-electron chi connectivity index (χ2n) is 8.59. The predicted molar refractivity (Wildman–Crippen MR) is 136 cm³/mol. The van der Waals surface area contributed by atoms with E-state index in [1.54, 1.807) is 19.4 Å². The largest absolute Gasteiger partial charge is 0.352 e. The summed E-state index contributed by atoms with van der Waals surface area (Å²) < 4.78 is 26.6. The predicted octanol–water partition coefficient (Wildman–Crippen LogP) is 2.32. The fraction of sp³-hybridized carbons (Fsp3) is 0.435. The average Bonchev–Trinajstić information content (AvgIpc) is 3.12. The van der Waals surface area contributed by atoms with Crippen LogP contribution in [0.4, 0.5) is 5.82 Å². The summed E-state index contributed by atoms with van der Waals surface area (Å²) in [4.78, 5) is 14.0. The Morgan fingerprint density at radius 3 is 2.26 bits per heavy atom. The lowest BCUT2D eigenvalue weighted by Gasteiger charge is -2.35. The summed E-state index contributed by atoms with van der Waals surface area (Å²) in [6.45, 7) is 7.00. The lowest BCUT2D eigenvalue weighted by Crippen LogP contribution is -2.46. The zero-order chi connectivity index (χ0) is 23.6. The van der Waals surface area contributed by atoms with Crippen molar-refractivity contribution in [2.75, 3.05) is 44.4 Å². The second-order valence-corrected chi connectivity index (χ2v) is 10.7. The summed E-state index contributed by atoms with van der Waals surface area (Å²) in [6, 6.07) is 7.87. The molecule has 9 nitrogen and oxygen atoms in total. The molecule has 1 aromatic carbocycles. The molecule has 2 aromatic heterocycles. The van der Waals surface area contributed by atoms with Crippen LogP contribution in [0.15, 0.2) is 42.9 Å². The Hall–Kier alpha value is -2.53. The number of aryl methyl sites for hydroxylation is 1. The van der Waals surface area contributed by atoms with Crippen molar-refractivity contribution in [1.82, 2.24) is 29.0 Å². The summed E-state index contributed by atoms with van der Waals surface area (Å²) in [5.41, 5.74) is 5.22. The normalized spacial score (nSPS) is 14.9. The minimum Gasteiger partial charge on any atom is -0.352 e. The van der Waals surface area contributed by atoms with Crippen LogP contribution in [0.5, 0.6) is 0 Å². The third-order valence-corrected chi connectivity index (χ3v) is 7.54. The number of rotatable bonds is 7. The van der Waals surface area contributed by atoms with E-state index < -0.39 is 10.0 Å². The maximum absolute atomic E-state index is 11.7. The molecule has 1 saturated heterocycles. The Bertz CT molecular complexity index is 1210. The molecular weight excluding hydrogens is 474 g/mol. The van der Waals surface area contributed by atoms with Crippen molar-refractivity contribution < 1.29 is 8.42 Å². The third-order valence-electron chi connectivity index (χ3n) is 6.28. The van der Waals surface area contributed by atoms with Crippen molar-refractivity contribution in [3.05, 3.63) is 59.7 Å². The smallest absolute Gasteiger partial charge is 0.211 e. The number of anilines is 1. The molecule has 0 saturated carbocycles. The van der Waals surface area contributed by atoms with Gasteiger partial charge < -0.3 is 4.90 Å². The minimum atomic E-state index is -3.21. The molecule has 4 rings (SSSR count). The minimum absolute atomic E-state index is 0. The van der Waals surface area contributed by atoms with Gasteiger partial charge in [0.05, 0.1) is 12.5 Å². The van der Waals surface area contributed by atoms with Crippen molar-refractivity contribution in [2.45, 2.75) is 20.0 Å². The Morgan fingerprint density at radius 1 is 1.03 bits per heavy atom. The van der Waals surface area contributed by atoms with Crippen LogP contribution >= 0.6 is 12.4 Å². The summed E-state index contributed by atoms with van der Waals surface area (Å²) in [5.74, 6) is 0.885. The van der Waals surface area contributed by atoms with Crippen molar-refractivity contribution in [3.63, 3.8) is 0 Å². The molecule has 1 fully saturated rings. The van der Waals surface area contributed by atoms with E-state index in [0.717, 1.165) is 55.4 Å². The molecule has 11 heteroatoms. The van der Waals surface area contributed by atoms with E-state index in [1.165, 1.54) is 21.8 Å². The first-order chi connectivity index (χ1) is 15.7. The summed E-state index contributed by atoms with van der Waals surface area (Å²) in [7, 11) is 0.343. The molecule has 3 heterocycles. The van der Waals surface area contributed by atoms with Crippen LogP contribution in [0, 0.1) is 6.92 Å². The van der Waals surface area contributed by atoms with Crippen molar-refractivity contribution in [3.8, 4) is 11.3 Å². The average molecular weight is 506 g/mol. The van der Waals surface area contributed by atoms with Gasteiger partial charge in [0.25, 0.3) is 0 Å². The number of aromatic nitrogens is 4. The summed E-state index contributed by atoms with van der Waals surface area (Å²) >= 11 is 0. The zero-order valence-electron chi connectivity index (χ0n) is 20.0. The molecule has 3 aromatic rings. The fourth-order valence-electron chi connectivity index (χ4n) is 3.97. The highest BCUT2D eigenvalue weighted by Gasteiger charge is 2.22. The van der Waals surface area contributed by atoms with Crippen LogP contribution in [-0.2, 0) is 30.2 Å². The van der Waals surface area contributed by atoms with Crippen molar-refractivity contribution >= 4 is 28.2 Å². The molecule has 0 spiro atoms. The first-order valence-electron chi connectivity index (χ1n) is 11.0. The first kappa shape index (κ1) is 26.1. The number of hydrogen-bond donors (Lipinski definition) is 0. The highest BCUT2D eigenvalue weighted by atomic mass is 35.5. The van der Waals surface area contributed by atoms with Gasteiger partial charge in [0.2, 0.25) is 10.0 Å². The third kappa shape index (κ3) is 5.93. The molecule has 0 radical (unpaired) electrons. The maximum Gasteiger partial charge on any atom is 0.211 e. The number of sulfonamides is 1. The van der Waals surface area contributed by atoms with Gasteiger partial charge in [-0.3, -0.25) is 14.6 Å². The molecule has 0 unspecified atom stereocenters. The van der Waals surface area contributed by atoms with Crippen molar-refractivity contribution in [2.24, 2.45) is 7.05 Å². The Kier molecular flexibility index (Phi) is 8.29. The fourth-order valence-corrected chi connectivity index (χ4v) is 4.35. The zero-order valence-corrected chi connectivity index (χ0v) is 21.7. The van der Waals surface area contributed by atoms with Crippen LogP contribution in [0.25, 0.3) is 11.3 Å². The SMILES string of the molecule is Cc1c(CN2CCN(c3nccnc3-c3ccc(CN(C)S(C)(=O)=O)cc3)CC2)cnn1C.Cl. The van der Waals surface area contributed by atoms with E-state index in [0.29, 0.717) is 6.54 Å². The topological polar surface area (TPSA) is 87.5 Å². The van der Waals surface area contributed by atoms with Gasteiger partial charge in [0, 0.05) is 82.6 Å². The molecule has 1 aliphatic heterocycles. The molecule has 1 aliphatic rings. The maximum atomic E-state index is 11.7. The Balaban J connectivity index is 0.00000324. The molecule has 0 amide bonds. The first-order valence-corrected chi connectivity index (χ1v) is 12.8. The number of nitrogens with zero attached hydrogens (tertiary/aromatic N) is 7. The van der Waals surface area contributed by atoms with Gasteiger partial charge in [-0.2, -0.15) is 5.10 Å². The second kappa shape index (κ2) is 10.8. The van der Waals surface area contributed by atoms with Crippen LogP contribution in [0.3, 0.4) is 0 Å². The molecule has 184 valence electrons. The molecular formula is C23H32ClN7O2S. The summed E-state index contributed by atoms with van der Waals surface area (Å²) in [5, 5.41) is 4.35. The number of hydrogen-bond acceptors (Lipinski definition) is 7. The molecule has 0 atom stereocenters. The lowest BCUT2D eigenvalue weighted by molar-refractivity contribution is 0.249. The summed E-state index contributed by atoms with van der Waals surface area (Å²) in [6.07, 6.45) is 6.62. The van der Waals surface area contributed by atoms with E-state index >= 15 is 0 Å². The molecule has 0 bridgehead atoms. The molecule has 34 heavy (non-hydrogen) atoms. The molecule has 0 N–H and O–H groups in total. The van der Waals surface area contributed by atoms with E-state index in [2.05, 4.69) is 31.8 Å². The number of halogens is 1. The van der Waals surface area contributed by atoms with E-state index in [1.807, 2.05) is 42.2 Å². The van der Waals surface area contributed by atoms with E-state index in [-0.39, 0.29) is 12.4 Å². The van der Waals surface area contributed by atoms with Gasteiger partial charge in [-0.25, -0.2) is 17.7 Å². The van der Waals surface area contributed by atoms with Crippen LogP contribution in [-0.4, -0.2) is 76.9 Å². The van der Waals surface area contributed by atoms with Gasteiger partial charge in [0.15, 0.2) is 5.82 Å². The monoisotopic (exact) mass is 505 g/mol. The van der Waals surface area contributed by atoms with E-state index in [9.17, 15) is 8.42 Å².